The Morgan fingerprint density at radius 3 is 2.65 bits per heavy atom. The summed E-state index contributed by atoms with van der Waals surface area (Å²) in [7, 11) is 0. The third-order valence-corrected chi connectivity index (χ3v) is 5.91. The van der Waals surface area contributed by atoms with Gasteiger partial charge in [-0.05, 0) is 35.4 Å². The van der Waals surface area contributed by atoms with Gasteiger partial charge in [-0.3, -0.25) is 0 Å². The van der Waals surface area contributed by atoms with E-state index in [0.717, 1.165) is 29.1 Å². The molecule has 0 bridgehead atoms. The fraction of sp³-hybridized carbons (Fsp3) is 0.200. The summed E-state index contributed by atoms with van der Waals surface area (Å²) >= 11 is 0. The van der Waals surface area contributed by atoms with Crippen molar-refractivity contribution in [3.63, 3.8) is 0 Å². The van der Waals surface area contributed by atoms with Gasteiger partial charge in [-0.25, -0.2) is 23.9 Å². The van der Waals surface area contributed by atoms with Crippen LogP contribution in [-0.4, -0.2) is 26.4 Å². The Labute approximate surface area is 195 Å². The molecular weight excluding hydrogens is 438 g/mol. The minimum atomic E-state index is -1.70. The van der Waals surface area contributed by atoms with Crippen LogP contribution < -0.4 is 15.8 Å². The summed E-state index contributed by atoms with van der Waals surface area (Å²) in [6.07, 6.45) is 2.79. The van der Waals surface area contributed by atoms with Crippen LogP contribution in [0.5, 0.6) is 0 Å². The first-order chi connectivity index (χ1) is 16.5. The minimum Gasteiger partial charge on any atom is -0.381 e. The molecule has 0 saturated carbocycles. The fourth-order valence-electron chi connectivity index (χ4n) is 4.24. The van der Waals surface area contributed by atoms with E-state index < -0.39 is 17.2 Å². The maximum absolute atomic E-state index is 14.7. The predicted molar refractivity (Wildman–Crippen MR) is 125 cm³/mol. The van der Waals surface area contributed by atoms with Gasteiger partial charge < -0.3 is 15.4 Å². The molecule has 0 saturated heterocycles. The van der Waals surface area contributed by atoms with Gasteiger partial charge in [-0.1, -0.05) is 36.4 Å². The maximum atomic E-state index is 14.7. The fourth-order valence-corrected chi connectivity index (χ4v) is 4.24. The van der Waals surface area contributed by atoms with Crippen molar-refractivity contribution in [2.24, 2.45) is 0 Å². The summed E-state index contributed by atoms with van der Waals surface area (Å²) in [6.45, 7) is 1.22. The van der Waals surface area contributed by atoms with Gasteiger partial charge >= 0.3 is 0 Å². The Bertz CT molecular complexity index is 1270. The molecule has 0 aliphatic carbocycles. The molecule has 34 heavy (non-hydrogen) atoms. The van der Waals surface area contributed by atoms with Gasteiger partial charge in [-0.15, -0.1) is 0 Å². The number of nitrogens with zero attached hydrogens (tertiary/aromatic N) is 4. The van der Waals surface area contributed by atoms with Crippen molar-refractivity contribution in [3.05, 3.63) is 108 Å². The van der Waals surface area contributed by atoms with Gasteiger partial charge in [0.25, 0.3) is 0 Å². The number of nitrogens with one attached hydrogen (secondary N) is 2. The molecule has 1 aliphatic rings. The number of β-amino-alcohol motifs (C(OH)–C–C–N with tert-alkyl or cyclic N) is 1. The van der Waals surface area contributed by atoms with Crippen LogP contribution in [0.3, 0.4) is 0 Å². The average molecular weight is 463 g/mol. The molecular formula is C25H24F2N6O. The lowest BCUT2D eigenvalue weighted by Crippen LogP contribution is -2.48. The average Bonchev–Trinajstić information content (AvgIpc) is 3.48. The van der Waals surface area contributed by atoms with Crippen LogP contribution in [0.2, 0.25) is 0 Å². The molecule has 0 radical (unpaired) electrons. The van der Waals surface area contributed by atoms with Gasteiger partial charge in [0.15, 0.2) is 0 Å². The van der Waals surface area contributed by atoms with E-state index in [1.54, 1.807) is 5.01 Å². The van der Waals surface area contributed by atoms with E-state index in [1.165, 1.54) is 29.0 Å². The van der Waals surface area contributed by atoms with E-state index in [1.807, 2.05) is 30.3 Å². The van der Waals surface area contributed by atoms with E-state index in [0.29, 0.717) is 13.1 Å². The van der Waals surface area contributed by atoms with E-state index in [4.69, 9.17) is 0 Å². The van der Waals surface area contributed by atoms with Gasteiger partial charge in [0.1, 0.15) is 29.9 Å². The summed E-state index contributed by atoms with van der Waals surface area (Å²) in [4.78, 5) is 3.90. The van der Waals surface area contributed by atoms with Crippen molar-refractivity contribution in [1.29, 1.82) is 0 Å². The Balaban J connectivity index is 1.37. The standard InChI is InChI=1S/C25H24F2N6O/c26-20-6-8-22(23(27)11-20)25(34,14-32-17-28-16-31-32)15-33-24-9-7-21(10-19(24)13-30-33)29-12-18-4-2-1-3-5-18/h1-11,16-17,29-30,34H,12-15H2. The molecule has 4 aromatic rings. The van der Waals surface area contributed by atoms with Crippen LogP contribution in [0, 0.1) is 11.6 Å². The highest BCUT2D eigenvalue weighted by Gasteiger charge is 2.37. The largest absolute Gasteiger partial charge is 0.381 e. The lowest BCUT2D eigenvalue weighted by atomic mass is 9.92. The number of halogens is 2. The van der Waals surface area contributed by atoms with Crippen LogP contribution in [0.15, 0.2) is 79.4 Å². The van der Waals surface area contributed by atoms with Gasteiger partial charge in [0.2, 0.25) is 0 Å². The van der Waals surface area contributed by atoms with Crippen molar-refractivity contribution >= 4 is 11.4 Å². The number of fused-ring (bicyclic) bond motifs is 1. The molecule has 9 heteroatoms. The second-order valence-corrected chi connectivity index (χ2v) is 8.35. The topological polar surface area (TPSA) is 78.2 Å². The number of aromatic nitrogens is 3. The van der Waals surface area contributed by atoms with Crippen LogP contribution in [-0.2, 0) is 25.2 Å². The van der Waals surface area contributed by atoms with Crippen molar-refractivity contribution in [3.8, 4) is 0 Å². The molecule has 7 nitrogen and oxygen atoms in total. The molecule has 1 aromatic heterocycles. The van der Waals surface area contributed by atoms with Crippen molar-refractivity contribution in [1.82, 2.24) is 20.2 Å². The molecule has 1 unspecified atom stereocenters. The zero-order chi connectivity index (χ0) is 23.5. The van der Waals surface area contributed by atoms with Crippen LogP contribution in [0.4, 0.5) is 20.2 Å². The van der Waals surface area contributed by atoms with Crippen molar-refractivity contribution < 1.29 is 13.9 Å². The molecule has 5 rings (SSSR count). The summed E-state index contributed by atoms with van der Waals surface area (Å²) in [5, 5.41) is 20.9. The molecule has 1 atom stereocenters. The monoisotopic (exact) mass is 462 g/mol. The van der Waals surface area contributed by atoms with Gasteiger partial charge in [0, 0.05) is 30.4 Å². The number of anilines is 2. The number of rotatable bonds is 8. The van der Waals surface area contributed by atoms with E-state index in [9.17, 15) is 13.9 Å². The summed E-state index contributed by atoms with van der Waals surface area (Å²) in [6, 6.07) is 19.3. The molecule has 2 heterocycles. The molecule has 3 aromatic carbocycles. The first kappa shape index (κ1) is 22.0. The second kappa shape index (κ2) is 9.20. The quantitative estimate of drug-likeness (QED) is 0.372. The molecule has 0 spiro atoms. The van der Waals surface area contributed by atoms with Gasteiger partial charge in [-0.2, -0.15) is 5.10 Å². The van der Waals surface area contributed by atoms with E-state index in [2.05, 4.69) is 39.0 Å². The Hall–Kier alpha value is -3.82. The lowest BCUT2D eigenvalue weighted by Gasteiger charge is -2.34. The normalized spacial score (nSPS) is 14.6. The zero-order valence-corrected chi connectivity index (χ0v) is 18.3. The third-order valence-electron chi connectivity index (χ3n) is 5.91. The molecule has 0 fully saturated rings. The van der Waals surface area contributed by atoms with E-state index >= 15 is 0 Å². The number of hydrogen-bond donors (Lipinski definition) is 3. The summed E-state index contributed by atoms with van der Waals surface area (Å²) < 4.78 is 29.7. The molecule has 1 aliphatic heterocycles. The lowest BCUT2D eigenvalue weighted by molar-refractivity contribution is 0.0169. The molecule has 174 valence electrons. The summed E-state index contributed by atoms with van der Waals surface area (Å²) in [5.74, 6) is -1.52. The SMILES string of the molecule is OC(CN1NCc2cc(NCc3ccccc3)ccc21)(Cn1cncn1)c1ccc(F)cc1F. The number of hydrazine groups is 1. The zero-order valence-electron chi connectivity index (χ0n) is 18.3. The first-order valence-electron chi connectivity index (χ1n) is 10.9. The first-order valence-corrected chi connectivity index (χ1v) is 10.9. The minimum absolute atomic E-state index is 0.0131. The molecule has 3 N–H and O–H groups in total. The number of benzene rings is 3. The Morgan fingerprint density at radius 1 is 1.03 bits per heavy atom. The van der Waals surface area contributed by atoms with Crippen LogP contribution >= 0.6 is 0 Å². The Kier molecular flexibility index (Phi) is 5.95. The highest BCUT2D eigenvalue weighted by molar-refractivity contribution is 5.63. The van der Waals surface area contributed by atoms with Crippen LogP contribution in [0.1, 0.15) is 16.7 Å². The highest BCUT2D eigenvalue weighted by atomic mass is 19.1. The van der Waals surface area contributed by atoms with Crippen molar-refractivity contribution in [2.75, 3.05) is 16.9 Å². The van der Waals surface area contributed by atoms with E-state index in [-0.39, 0.29) is 18.7 Å². The smallest absolute Gasteiger partial charge is 0.137 e. The molecule has 0 amide bonds. The third kappa shape index (κ3) is 4.61. The number of aliphatic hydroxyl groups is 1. The highest BCUT2D eigenvalue weighted by Crippen LogP contribution is 2.33. The predicted octanol–water partition coefficient (Wildman–Crippen LogP) is 3.58. The number of hydrogen-bond acceptors (Lipinski definition) is 6. The maximum Gasteiger partial charge on any atom is 0.137 e. The second-order valence-electron chi connectivity index (χ2n) is 8.35. The Morgan fingerprint density at radius 2 is 1.88 bits per heavy atom. The van der Waals surface area contributed by atoms with Crippen molar-refractivity contribution in [2.45, 2.75) is 25.2 Å². The van der Waals surface area contributed by atoms with Crippen LogP contribution in [0.25, 0.3) is 0 Å². The summed E-state index contributed by atoms with van der Waals surface area (Å²) in [5.41, 5.74) is 5.63. The van der Waals surface area contributed by atoms with Gasteiger partial charge in [0.05, 0.1) is 18.8 Å².